The molecular weight excluding hydrogens is 1000 g/mol. The van der Waals surface area contributed by atoms with E-state index in [1.54, 1.807) is 6.07 Å². The Labute approximate surface area is 447 Å². The molecular formula is C58H60F4N6O5S2. The highest BCUT2D eigenvalue weighted by Gasteiger charge is 2.53. The van der Waals surface area contributed by atoms with Gasteiger partial charge in [0.2, 0.25) is 11.8 Å². The van der Waals surface area contributed by atoms with Crippen LogP contribution >= 0.6 is 27.0 Å². The van der Waals surface area contributed by atoms with E-state index in [0.29, 0.717) is 30.2 Å². The Hall–Kier alpha value is -6.34. The standard InChI is InChI=1S/C29H29F2N3O3.C29H27F2N3O2.2H2S/c1-28(2)34(17-19-6-4-3-5-7-19)29(18-37-28)13-12-20-8-9-21(14-23(20)16-29)26(35)32-33-27(36)22-10-11-24(30)25(31)15-22;1-28(2)34(17-19-6-4-3-5-7-19)29(18-35-28)13-12-20-8-9-21(14-23(20)16-29)26-32-33-27(36-26)22-10-11-24(30)25(31)15-22;;/h3-11,14-15H,12-13,16-18H2,1-2H3,(H,32,35)(H,33,36);3-11,14-15H,12-13,16-18H2,1-2H3;2*1H2/t2*29-;;/m00../s1. The van der Waals surface area contributed by atoms with Crippen molar-refractivity contribution in [3.63, 3.8) is 0 Å². The number of hydrogen-bond donors (Lipinski definition) is 2. The van der Waals surface area contributed by atoms with Crippen LogP contribution in [0, 0.1) is 23.3 Å². The van der Waals surface area contributed by atoms with Crippen LogP contribution in [0.5, 0.6) is 0 Å². The second-order valence-electron chi connectivity index (χ2n) is 20.5. The average Bonchev–Trinajstić information content (AvgIpc) is 4.05. The molecule has 2 aliphatic heterocycles. The maximum Gasteiger partial charge on any atom is 0.269 e. The van der Waals surface area contributed by atoms with Gasteiger partial charge in [0.25, 0.3) is 11.8 Å². The topological polar surface area (TPSA) is 122 Å². The van der Waals surface area contributed by atoms with Crippen LogP contribution in [0.3, 0.4) is 0 Å². The van der Waals surface area contributed by atoms with Gasteiger partial charge in [0.15, 0.2) is 23.3 Å². The summed E-state index contributed by atoms with van der Waals surface area (Å²) >= 11 is 0. The number of nitrogens with zero attached hydrogens (tertiary/aromatic N) is 4. The molecule has 3 heterocycles. The van der Waals surface area contributed by atoms with Crippen molar-refractivity contribution in [2.45, 2.75) is 102 Å². The summed E-state index contributed by atoms with van der Waals surface area (Å²) in [6, 6.07) is 39.0. The minimum Gasteiger partial charge on any atom is -0.416 e. The average molecular weight is 1060 g/mol. The van der Waals surface area contributed by atoms with Crippen molar-refractivity contribution in [3.05, 3.63) is 201 Å². The van der Waals surface area contributed by atoms with E-state index in [4.69, 9.17) is 13.9 Å². The SMILES string of the molecule is CC1(C)OC[C@@]2(CCc3ccc(-c4nnc(-c5ccc(F)c(F)c5)o4)cc3C2)N1Cc1ccccc1.CC1(C)OC[C@@]2(CCc3ccc(C(=O)NNC(=O)c4ccc(F)c(F)c4)cc3C2)N1Cc1ccccc1.S.S. The Bertz CT molecular complexity index is 3200. The Kier molecular flexibility index (Phi) is 16.2. The number of amides is 2. The molecule has 11 rings (SSSR count). The van der Waals surface area contributed by atoms with E-state index in [1.807, 2.05) is 42.5 Å². The summed E-state index contributed by atoms with van der Waals surface area (Å²) < 4.78 is 72.0. The van der Waals surface area contributed by atoms with Gasteiger partial charge in [-0.05, 0) is 160 Å². The molecule has 17 heteroatoms. The fourth-order valence-corrected chi connectivity index (χ4v) is 11.0. The van der Waals surface area contributed by atoms with E-state index < -0.39 is 40.8 Å². The van der Waals surface area contributed by atoms with E-state index in [9.17, 15) is 27.2 Å². The van der Waals surface area contributed by atoms with Crippen LogP contribution in [0.15, 0.2) is 138 Å². The van der Waals surface area contributed by atoms with Crippen molar-refractivity contribution in [2.75, 3.05) is 13.2 Å². The number of benzene rings is 6. The lowest BCUT2D eigenvalue weighted by molar-refractivity contribution is -0.0676. The summed E-state index contributed by atoms with van der Waals surface area (Å²) in [5, 5.41) is 8.24. The summed E-state index contributed by atoms with van der Waals surface area (Å²) in [4.78, 5) is 30.0. The van der Waals surface area contributed by atoms with E-state index >= 15 is 0 Å². The maximum atomic E-state index is 13.7. The molecule has 4 aliphatic rings. The third-order valence-electron chi connectivity index (χ3n) is 14.9. The molecule has 2 amide bonds. The van der Waals surface area contributed by atoms with E-state index in [0.717, 1.165) is 93.1 Å². The maximum absolute atomic E-state index is 13.7. The van der Waals surface area contributed by atoms with Gasteiger partial charge in [-0.1, -0.05) is 72.8 Å². The van der Waals surface area contributed by atoms with Crippen molar-refractivity contribution < 1.29 is 41.0 Å². The van der Waals surface area contributed by atoms with Crippen molar-refractivity contribution in [2.24, 2.45) is 0 Å². The smallest absolute Gasteiger partial charge is 0.269 e. The van der Waals surface area contributed by atoms with Gasteiger partial charge in [0.05, 0.1) is 24.3 Å². The number of hydrogen-bond acceptors (Lipinski definition) is 9. The number of rotatable bonds is 8. The first-order chi connectivity index (χ1) is 35.0. The number of ether oxygens (including phenoxy) is 2. The molecule has 0 unspecified atom stereocenters. The molecule has 11 nitrogen and oxygen atoms in total. The first-order valence-corrected chi connectivity index (χ1v) is 24.5. The van der Waals surface area contributed by atoms with E-state index in [2.05, 4.69) is 107 Å². The third kappa shape index (κ3) is 11.4. The highest BCUT2D eigenvalue weighted by Crippen LogP contribution is 2.46. The van der Waals surface area contributed by atoms with Gasteiger partial charge in [-0.15, -0.1) is 10.2 Å². The zero-order valence-electron chi connectivity index (χ0n) is 42.1. The summed E-state index contributed by atoms with van der Waals surface area (Å²) in [7, 11) is 0. The molecule has 2 N–H and O–H groups in total. The van der Waals surface area contributed by atoms with Crippen LogP contribution in [0.1, 0.15) is 94.6 Å². The second-order valence-corrected chi connectivity index (χ2v) is 20.5. The van der Waals surface area contributed by atoms with Gasteiger partial charge in [-0.25, -0.2) is 17.6 Å². The summed E-state index contributed by atoms with van der Waals surface area (Å²) in [5.41, 5.74) is 12.3. The van der Waals surface area contributed by atoms with E-state index in [-0.39, 0.29) is 55.2 Å². The molecule has 6 aromatic carbocycles. The molecule has 2 aliphatic carbocycles. The number of aromatic nitrogens is 2. The number of aryl methyl sites for hydroxylation is 2. The molecule has 2 saturated heterocycles. The molecule has 1 aromatic heterocycles. The van der Waals surface area contributed by atoms with Crippen molar-refractivity contribution >= 4 is 38.8 Å². The molecule has 2 fully saturated rings. The van der Waals surface area contributed by atoms with Gasteiger partial charge in [0.1, 0.15) is 11.4 Å². The molecule has 0 bridgehead atoms. The lowest BCUT2D eigenvalue weighted by Gasteiger charge is -2.45. The Morgan fingerprint density at radius 3 is 1.45 bits per heavy atom. The van der Waals surface area contributed by atoms with Crippen LogP contribution in [0.4, 0.5) is 17.6 Å². The quantitative estimate of drug-likeness (QED) is 0.113. The Morgan fingerprint density at radius 1 is 0.520 bits per heavy atom. The van der Waals surface area contributed by atoms with Crippen molar-refractivity contribution in [1.29, 1.82) is 0 Å². The molecule has 392 valence electrons. The van der Waals surface area contributed by atoms with Gasteiger partial charge in [-0.3, -0.25) is 30.2 Å². The van der Waals surface area contributed by atoms with Crippen molar-refractivity contribution in [1.82, 2.24) is 30.8 Å². The first kappa shape index (κ1) is 54.9. The molecule has 75 heavy (non-hydrogen) atoms. The van der Waals surface area contributed by atoms with Crippen LogP contribution in [0.2, 0.25) is 0 Å². The first-order valence-electron chi connectivity index (χ1n) is 24.5. The van der Waals surface area contributed by atoms with Crippen LogP contribution in [-0.2, 0) is 48.2 Å². The minimum absolute atomic E-state index is 0. The zero-order chi connectivity index (χ0) is 51.1. The molecule has 0 saturated carbocycles. The molecule has 0 radical (unpaired) electrons. The fourth-order valence-electron chi connectivity index (χ4n) is 11.0. The summed E-state index contributed by atoms with van der Waals surface area (Å²) in [6.45, 7) is 11.4. The highest BCUT2D eigenvalue weighted by atomic mass is 32.1. The van der Waals surface area contributed by atoms with Crippen LogP contribution in [0.25, 0.3) is 22.9 Å². The number of hydrazine groups is 1. The number of carbonyl (C=O) groups excluding carboxylic acids is 2. The normalized spacial score (nSPS) is 20.2. The number of carbonyl (C=O) groups is 2. The van der Waals surface area contributed by atoms with Gasteiger partial charge < -0.3 is 13.9 Å². The Balaban J connectivity index is 0.000000194. The minimum atomic E-state index is -1.14. The predicted molar refractivity (Wildman–Crippen MR) is 287 cm³/mol. The van der Waals surface area contributed by atoms with E-state index in [1.165, 1.54) is 33.9 Å². The monoisotopic (exact) mass is 1060 g/mol. The summed E-state index contributed by atoms with van der Waals surface area (Å²) in [5.74, 6) is -4.79. The lowest BCUT2D eigenvalue weighted by Crippen LogP contribution is -2.54. The molecule has 2 spiro atoms. The van der Waals surface area contributed by atoms with Gasteiger partial charge in [-0.2, -0.15) is 27.0 Å². The van der Waals surface area contributed by atoms with Crippen molar-refractivity contribution in [3.8, 4) is 22.9 Å². The highest BCUT2D eigenvalue weighted by molar-refractivity contribution is 7.59. The zero-order valence-corrected chi connectivity index (χ0v) is 44.1. The fraction of sp³-hybridized carbons (Fsp3) is 0.310. The van der Waals surface area contributed by atoms with Gasteiger partial charge >= 0.3 is 0 Å². The van der Waals surface area contributed by atoms with Crippen LogP contribution < -0.4 is 10.9 Å². The molecule has 7 aromatic rings. The summed E-state index contributed by atoms with van der Waals surface area (Å²) in [6.07, 6.45) is 5.40. The van der Waals surface area contributed by atoms with Crippen LogP contribution in [-0.4, -0.2) is 67.6 Å². The number of nitrogens with one attached hydrogen (secondary N) is 2. The lowest BCUT2D eigenvalue weighted by atomic mass is 9.76. The largest absolute Gasteiger partial charge is 0.416 e. The third-order valence-corrected chi connectivity index (χ3v) is 14.9. The molecule has 2 atom stereocenters. The number of fused-ring (bicyclic) bond motifs is 2. The Morgan fingerprint density at radius 2 is 0.947 bits per heavy atom. The predicted octanol–water partition coefficient (Wildman–Crippen LogP) is 10.9. The van der Waals surface area contributed by atoms with Gasteiger partial charge in [0, 0.05) is 35.3 Å². The second kappa shape index (κ2) is 22.1. The number of halogens is 4.